The second-order valence-corrected chi connectivity index (χ2v) is 7.72. The van der Waals surface area contributed by atoms with Gasteiger partial charge in [-0.25, -0.2) is 4.79 Å². The Morgan fingerprint density at radius 3 is 2.55 bits per heavy atom. The maximum absolute atomic E-state index is 13.2. The van der Waals surface area contributed by atoms with Crippen molar-refractivity contribution >= 4 is 17.8 Å². The fourth-order valence-corrected chi connectivity index (χ4v) is 3.31. The lowest BCUT2D eigenvalue weighted by Gasteiger charge is -2.41. The lowest BCUT2D eigenvalue weighted by molar-refractivity contribution is -0.155. The molecule has 0 radical (unpaired) electrons. The number of carbonyl (C=O) groups is 3. The van der Waals surface area contributed by atoms with Crippen LogP contribution in [0.25, 0.3) is 0 Å². The van der Waals surface area contributed by atoms with Crippen LogP contribution < -0.4 is 10.6 Å². The van der Waals surface area contributed by atoms with Crippen LogP contribution in [0.3, 0.4) is 0 Å². The number of piperazine rings is 1. The zero-order chi connectivity index (χ0) is 21.6. The molecule has 1 aromatic rings. The molecule has 0 bridgehead atoms. The van der Waals surface area contributed by atoms with Crippen LogP contribution >= 0.6 is 0 Å². The number of nitrogens with one attached hydrogen (secondary N) is 2. The highest BCUT2D eigenvalue weighted by molar-refractivity contribution is 5.92. The minimum absolute atomic E-state index is 0.168. The molecule has 9 heteroatoms. The molecule has 160 valence electrons. The minimum Gasteiger partial charge on any atom is -0.480 e. The van der Waals surface area contributed by atoms with E-state index >= 15 is 0 Å². The highest BCUT2D eigenvalue weighted by Crippen LogP contribution is 2.17. The molecule has 3 unspecified atom stereocenters. The van der Waals surface area contributed by atoms with Crippen LogP contribution in [0.2, 0.25) is 0 Å². The number of pyridine rings is 1. The summed E-state index contributed by atoms with van der Waals surface area (Å²) in [6.07, 6.45) is 3.44. The molecule has 0 aromatic carbocycles. The molecule has 1 saturated heterocycles. The number of carboxylic acids is 1. The van der Waals surface area contributed by atoms with E-state index in [1.807, 2.05) is 30.9 Å². The Morgan fingerprint density at radius 2 is 2.00 bits per heavy atom. The van der Waals surface area contributed by atoms with Gasteiger partial charge in [0.05, 0.1) is 6.04 Å². The summed E-state index contributed by atoms with van der Waals surface area (Å²) >= 11 is 0. The number of aliphatic carboxylic acids is 1. The summed E-state index contributed by atoms with van der Waals surface area (Å²) in [5, 5.41) is 15.3. The number of likely N-dealkylation sites (N-methyl/N-ethyl adjacent to an activating group) is 1. The summed E-state index contributed by atoms with van der Waals surface area (Å²) in [4.78, 5) is 44.8. The van der Waals surface area contributed by atoms with Gasteiger partial charge in [0, 0.05) is 38.6 Å². The molecule has 0 spiro atoms. The normalized spacial score (nSPS) is 19.6. The Hall–Kier alpha value is -2.52. The van der Waals surface area contributed by atoms with Gasteiger partial charge in [0.1, 0.15) is 12.1 Å². The van der Waals surface area contributed by atoms with Crippen LogP contribution in [-0.4, -0.2) is 82.5 Å². The Labute approximate surface area is 171 Å². The largest absolute Gasteiger partial charge is 0.480 e. The average Bonchev–Trinajstić information content (AvgIpc) is 2.71. The van der Waals surface area contributed by atoms with E-state index in [0.29, 0.717) is 13.1 Å². The smallest absolute Gasteiger partial charge is 0.327 e. The second-order valence-electron chi connectivity index (χ2n) is 7.72. The fourth-order valence-electron chi connectivity index (χ4n) is 3.31. The molecule has 1 aromatic heterocycles. The van der Waals surface area contributed by atoms with Crippen LogP contribution in [0.5, 0.6) is 0 Å². The van der Waals surface area contributed by atoms with Crippen LogP contribution in [0.15, 0.2) is 24.5 Å². The van der Waals surface area contributed by atoms with Crippen molar-refractivity contribution in [2.75, 3.05) is 26.7 Å². The third-order valence-corrected chi connectivity index (χ3v) is 5.22. The van der Waals surface area contributed by atoms with Crippen molar-refractivity contribution in [1.29, 1.82) is 0 Å². The zero-order valence-corrected chi connectivity index (χ0v) is 17.5. The highest BCUT2D eigenvalue weighted by atomic mass is 16.4. The van der Waals surface area contributed by atoms with Crippen molar-refractivity contribution in [2.45, 2.75) is 45.4 Å². The molecule has 1 fully saturated rings. The number of carboxylic acid groups (broad SMARTS) is 1. The molecule has 9 nitrogen and oxygen atoms in total. The molecule has 3 N–H and O–H groups in total. The fraction of sp³-hybridized carbons (Fsp3) is 0.600. The maximum atomic E-state index is 13.2. The Morgan fingerprint density at radius 1 is 1.28 bits per heavy atom. The number of nitrogens with zero attached hydrogens (tertiary/aromatic N) is 3. The SMILES string of the molecule is CNC(C)C(=O)NC(C(=O)N1CCN(Cc2cccnc2)CC1C(=O)O)C(C)C. The molecule has 2 rings (SSSR count). The molecule has 1 aliphatic rings. The van der Waals surface area contributed by atoms with Gasteiger partial charge in [-0.15, -0.1) is 0 Å². The van der Waals surface area contributed by atoms with Crippen molar-refractivity contribution < 1.29 is 19.5 Å². The molecular formula is C20H31N5O4. The lowest BCUT2D eigenvalue weighted by atomic mass is 10.00. The monoisotopic (exact) mass is 405 g/mol. The molecule has 29 heavy (non-hydrogen) atoms. The van der Waals surface area contributed by atoms with E-state index in [1.165, 1.54) is 4.90 Å². The Kier molecular flexibility index (Phi) is 8.10. The molecule has 2 amide bonds. The zero-order valence-electron chi connectivity index (χ0n) is 17.5. The van der Waals surface area contributed by atoms with E-state index < -0.39 is 24.1 Å². The predicted molar refractivity (Wildman–Crippen MR) is 108 cm³/mol. The molecule has 0 aliphatic carbocycles. The van der Waals surface area contributed by atoms with Gasteiger partial charge >= 0.3 is 5.97 Å². The van der Waals surface area contributed by atoms with Crippen LogP contribution in [-0.2, 0) is 20.9 Å². The van der Waals surface area contributed by atoms with E-state index in [2.05, 4.69) is 15.6 Å². The number of hydrogen-bond acceptors (Lipinski definition) is 6. The first-order valence-corrected chi connectivity index (χ1v) is 9.86. The number of rotatable bonds is 8. The van der Waals surface area contributed by atoms with Gasteiger partial charge in [-0.3, -0.25) is 19.5 Å². The van der Waals surface area contributed by atoms with Crippen molar-refractivity contribution in [3.05, 3.63) is 30.1 Å². The molecular weight excluding hydrogens is 374 g/mol. The highest BCUT2D eigenvalue weighted by Gasteiger charge is 2.39. The summed E-state index contributed by atoms with van der Waals surface area (Å²) < 4.78 is 0. The van der Waals surface area contributed by atoms with Crippen molar-refractivity contribution in [2.24, 2.45) is 5.92 Å². The third-order valence-electron chi connectivity index (χ3n) is 5.22. The summed E-state index contributed by atoms with van der Waals surface area (Å²) in [5.41, 5.74) is 0.991. The van der Waals surface area contributed by atoms with E-state index in [1.54, 1.807) is 26.4 Å². The number of carbonyl (C=O) groups excluding carboxylic acids is 2. The summed E-state index contributed by atoms with van der Waals surface area (Å²) in [6, 6.07) is 1.59. The quantitative estimate of drug-likeness (QED) is 0.554. The Bertz CT molecular complexity index is 712. The number of amides is 2. The first-order valence-electron chi connectivity index (χ1n) is 9.86. The van der Waals surface area contributed by atoms with Crippen molar-refractivity contribution in [1.82, 2.24) is 25.4 Å². The van der Waals surface area contributed by atoms with Crippen LogP contribution in [0.1, 0.15) is 26.3 Å². The minimum atomic E-state index is -1.05. The summed E-state index contributed by atoms with van der Waals surface area (Å²) in [7, 11) is 1.67. The van der Waals surface area contributed by atoms with Gasteiger partial charge in [0.15, 0.2) is 0 Å². The molecule has 0 saturated carbocycles. The van der Waals surface area contributed by atoms with Gasteiger partial charge in [0.25, 0.3) is 0 Å². The first kappa shape index (κ1) is 22.8. The van der Waals surface area contributed by atoms with E-state index in [-0.39, 0.29) is 30.8 Å². The maximum Gasteiger partial charge on any atom is 0.327 e. The first-order chi connectivity index (χ1) is 13.7. The van der Waals surface area contributed by atoms with Crippen LogP contribution in [0.4, 0.5) is 0 Å². The Balaban J connectivity index is 2.11. The van der Waals surface area contributed by atoms with Gasteiger partial charge < -0.3 is 20.6 Å². The molecule has 1 aliphatic heterocycles. The topological polar surface area (TPSA) is 115 Å². The number of hydrogen-bond donors (Lipinski definition) is 3. The van der Waals surface area contributed by atoms with E-state index in [9.17, 15) is 19.5 Å². The molecule has 2 heterocycles. The van der Waals surface area contributed by atoms with Gasteiger partial charge in [-0.05, 0) is 31.5 Å². The third kappa shape index (κ3) is 5.98. The van der Waals surface area contributed by atoms with E-state index in [0.717, 1.165) is 5.56 Å². The second kappa shape index (κ2) is 10.3. The van der Waals surface area contributed by atoms with E-state index in [4.69, 9.17) is 0 Å². The molecule has 3 atom stereocenters. The number of aromatic nitrogens is 1. The van der Waals surface area contributed by atoms with Crippen LogP contribution in [0, 0.1) is 5.92 Å². The van der Waals surface area contributed by atoms with Gasteiger partial charge in [-0.2, -0.15) is 0 Å². The van der Waals surface area contributed by atoms with Crippen molar-refractivity contribution in [3.63, 3.8) is 0 Å². The van der Waals surface area contributed by atoms with Gasteiger partial charge in [0.2, 0.25) is 11.8 Å². The summed E-state index contributed by atoms with van der Waals surface area (Å²) in [6.45, 7) is 7.01. The average molecular weight is 405 g/mol. The van der Waals surface area contributed by atoms with Gasteiger partial charge in [-0.1, -0.05) is 19.9 Å². The standard InChI is InChI=1S/C20H31N5O4/c1-13(2)17(23-18(26)14(3)21-4)19(27)25-9-8-24(12-16(25)20(28)29)11-15-6-5-7-22-10-15/h5-7,10,13-14,16-17,21H,8-9,11-12H2,1-4H3,(H,23,26)(H,28,29). The lowest BCUT2D eigenvalue weighted by Crippen LogP contribution is -2.63. The predicted octanol–water partition coefficient (Wildman–Crippen LogP) is -0.0723. The summed E-state index contributed by atoms with van der Waals surface area (Å²) in [5.74, 6) is -1.86. The van der Waals surface area contributed by atoms with Crippen molar-refractivity contribution in [3.8, 4) is 0 Å².